The first-order valence-corrected chi connectivity index (χ1v) is 7.92. The molecule has 0 bridgehead atoms. The number of hydrogen-bond acceptors (Lipinski definition) is 2. The standard InChI is InChI=1S/C19H25N3O.HI/c1-4-14(2)16-8-10-17(11-9-16)22-19(20)21-13-15-6-5-7-18(12-15)23-3;/h5-12,14H,4,13H2,1-3H3,(H3,20,21,22);1H. The van der Waals surface area contributed by atoms with E-state index in [1.165, 1.54) is 5.56 Å². The number of methoxy groups -OCH3 is 1. The fraction of sp³-hybridized carbons (Fsp3) is 0.316. The van der Waals surface area contributed by atoms with Crippen molar-refractivity contribution in [3.05, 3.63) is 59.7 Å². The summed E-state index contributed by atoms with van der Waals surface area (Å²) < 4.78 is 5.20. The molecule has 0 aliphatic carbocycles. The fourth-order valence-electron chi connectivity index (χ4n) is 2.27. The Bertz CT molecular complexity index is 656. The molecule has 5 heteroatoms. The van der Waals surface area contributed by atoms with Crippen LogP contribution < -0.4 is 15.8 Å². The second-order valence-corrected chi connectivity index (χ2v) is 5.61. The molecule has 1 unspecified atom stereocenters. The number of guanidine groups is 1. The van der Waals surface area contributed by atoms with Gasteiger partial charge in [0, 0.05) is 5.69 Å². The summed E-state index contributed by atoms with van der Waals surface area (Å²) in [6, 6.07) is 16.1. The predicted molar refractivity (Wildman–Crippen MR) is 113 cm³/mol. The van der Waals surface area contributed by atoms with Crippen LogP contribution in [0.2, 0.25) is 0 Å². The second-order valence-electron chi connectivity index (χ2n) is 5.61. The van der Waals surface area contributed by atoms with Crippen LogP contribution in [0.3, 0.4) is 0 Å². The van der Waals surface area contributed by atoms with Crippen molar-refractivity contribution in [1.29, 1.82) is 0 Å². The number of halogens is 1. The summed E-state index contributed by atoms with van der Waals surface area (Å²) in [5.41, 5.74) is 9.30. The maximum Gasteiger partial charge on any atom is 0.193 e. The molecule has 0 aliphatic rings. The summed E-state index contributed by atoms with van der Waals surface area (Å²) in [5.74, 6) is 1.80. The summed E-state index contributed by atoms with van der Waals surface area (Å²) in [6.07, 6.45) is 1.14. The number of aliphatic imine (C=N–C) groups is 1. The van der Waals surface area contributed by atoms with Gasteiger partial charge in [0.25, 0.3) is 0 Å². The van der Waals surface area contributed by atoms with Crippen LogP contribution in [0.15, 0.2) is 53.5 Å². The summed E-state index contributed by atoms with van der Waals surface area (Å²) in [7, 11) is 1.65. The van der Waals surface area contributed by atoms with Crippen molar-refractivity contribution in [2.75, 3.05) is 12.4 Å². The third kappa shape index (κ3) is 6.03. The number of anilines is 1. The summed E-state index contributed by atoms with van der Waals surface area (Å²) >= 11 is 0. The third-order valence-electron chi connectivity index (χ3n) is 3.93. The van der Waals surface area contributed by atoms with E-state index in [9.17, 15) is 0 Å². The van der Waals surface area contributed by atoms with E-state index in [0.29, 0.717) is 18.4 Å². The van der Waals surface area contributed by atoms with Gasteiger partial charge in [-0.05, 0) is 47.7 Å². The molecule has 0 fully saturated rings. The molecule has 4 nitrogen and oxygen atoms in total. The highest BCUT2D eigenvalue weighted by molar-refractivity contribution is 14.0. The van der Waals surface area contributed by atoms with Gasteiger partial charge in [0.2, 0.25) is 0 Å². The number of hydrogen-bond donors (Lipinski definition) is 2. The summed E-state index contributed by atoms with van der Waals surface area (Å²) in [4.78, 5) is 4.37. The first-order chi connectivity index (χ1) is 11.1. The molecule has 24 heavy (non-hydrogen) atoms. The number of nitrogens with one attached hydrogen (secondary N) is 1. The van der Waals surface area contributed by atoms with Crippen LogP contribution in [-0.2, 0) is 6.54 Å². The number of benzene rings is 2. The van der Waals surface area contributed by atoms with E-state index in [4.69, 9.17) is 10.5 Å². The zero-order chi connectivity index (χ0) is 16.7. The largest absolute Gasteiger partial charge is 0.497 e. The lowest BCUT2D eigenvalue weighted by atomic mass is 9.99. The van der Waals surface area contributed by atoms with Crippen LogP contribution in [0.4, 0.5) is 5.69 Å². The minimum absolute atomic E-state index is 0. The molecule has 130 valence electrons. The highest BCUT2D eigenvalue weighted by atomic mass is 127. The minimum Gasteiger partial charge on any atom is -0.497 e. The van der Waals surface area contributed by atoms with Crippen LogP contribution in [0, 0.1) is 0 Å². The van der Waals surface area contributed by atoms with Gasteiger partial charge in [-0.2, -0.15) is 0 Å². The molecular formula is C19H26IN3O. The average molecular weight is 439 g/mol. The normalized spacial score (nSPS) is 12.2. The number of nitrogens with zero attached hydrogens (tertiary/aromatic N) is 1. The van der Waals surface area contributed by atoms with Gasteiger partial charge >= 0.3 is 0 Å². The number of rotatable bonds is 6. The Kier molecular flexibility index (Phi) is 8.60. The van der Waals surface area contributed by atoms with E-state index in [1.807, 2.05) is 36.4 Å². The topological polar surface area (TPSA) is 59.6 Å². The van der Waals surface area contributed by atoms with Gasteiger partial charge in [0.15, 0.2) is 5.96 Å². The molecule has 3 N–H and O–H groups in total. The highest BCUT2D eigenvalue weighted by Gasteiger charge is 2.03. The van der Waals surface area contributed by atoms with E-state index < -0.39 is 0 Å². The van der Waals surface area contributed by atoms with E-state index >= 15 is 0 Å². The average Bonchev–Trinajstić information content (AvgIpc) is 2.60. The van der Waals surface area contributed by atoms with Crippen molar-refractivity contribution in [2.45, 2.75) is 32.7 Å². The highest BCUT2D eigenvalue weighted by Crippen LogP contribution is 2.20. The Morgan fingerprint density at radius 1 is 1.21 bits per heavy atom. The number of nitrogens with two attached hydrogens (primary N) is 1. The molecule has 0 saturated carbocycles. The molecule has 0 spiro atoms. The van der Waals surface area contributed by atoms with Gasteiger partial charge < -0.3 is 15.8 Å². The summed E-state index contributed by atoms with van der Waals surface area (Å²) in [6.45, 7) is 4.94. The molecule has 2 rings (SSSR count). The van der Waals surface area contributed by atoms with Crippen LogP contribution in [0.25, 0.3) is 0 Å². The summed E-state index contributed by atoms with van der Waals surface area (Å²) in [5, 5.41) is 3.12. The van der Waals surface area contributed by atoms with E-state index in [2.05, 4.69) is 36.3 Å². The van der Waals surface area contributed by atoms with Crippen LogP contribution in [0.1, 0.15) is 37.3 Å². The van der Waals surface area contributed by atoms with Gasteiger partial charge in [-0.1, -0.05) is 38.1 Å². The van der Waals surface area contributed by atoms with Gasteiger partial charge in [-0.15, -0.1) is 24.0 Å². The van der Waals surface area contributed by atoms with Crippen molar-refractivity contribution in [2.24, 2.45) is 10.7 Å². The molecule has 0 saturated heterocycles. The van der Waals surface area contributed by atoms with Gasteiger partial charge in [-0.3, -0.25) is 0 Å². The smallest absolute Gasteiger partial charge is 0.193 e. The van der Waals surface area contributed by atoms with E-state index in [-0.39, 0.29) is 24.0 Å². The lowest BCUT2D eigenvalue weighted by Crippen LogP contribution is -2.22. The van der Waals surface area contributed by atoms with Gasteiger partial charge in [0.1, 0.15) is 5.75 Å². The number of ether oxygens (including phenoxy) is 1. The maximum absolute atomic E-state index is 5.96. The third-order valence-corrected chi connectivity index (χ3v) is 3.93. The molecule has 0 heterocycles. The SMILES string of the molecule is CCC(C)c1ccc(NC(N)=NCc2cccc(OC)c2)cc1.I. The molecule has 2 aromatic rings. The Morgan fingerprint density at radius 2 is 1.92 bits per heavy atom. The first-order valence-electron chi connectivity index (χ1n) is 7.92. The van der Waals surface area contributed by atoms with Gasteiger partial charge in [0.05, 0.1) is 13.7 Å². The van der Waals surface area contributed by atoms with Crippen molar-refractivity contribution in [1.82, 2.24) is 0 Å². The van der Waals surface area contributed by atoms with E-state index in [1.54, 1.807) is 7.11 Å². The van der Waals surface area contributed by atoms with Crippen molar-refractivity contribution in [3.8, 4) is 5.75 Å². The second kappa shape index (κ2) is 10.2. The monoisotopic (exact) mass is 439 g/mol. The van der Waals surface area contributed by atoms with Crippen molar-refractivity contribution >= 4 is 35.6 Å². The minimum atomic E-state index is 0. The lowest BCUT2D eigenvalue weighted by molar-refractivity contribution is 0.414. The first kappa shape index (κ1) is 20.3. The molecule has 0 radical (unpaired) electrons. The molecule has 0 aliphatic heterocycles. The fourth-order valence-corrected chi connectivity index (χ4v) is 2.27. The Balaban J connectivity index is 0.00000288. The maximum atomic E-state index is 5.96. The lowest BCUT2D eigenvalue weighted by Gasteiger charge is -2.11. The van der Waals surface area contributed by atoms with Gasteiger partial charge in [-0.25, -0.2) is 4.99 Å². The molecular weight excluding hydrogens is 413 g/mol. The quantitative estimate of drug-likeness (QED) is 0.388. The van der Waals surface area contributed by atoms with Crippen molar-refractivity contribution in [3.63, 3.8) is 0 Å². The van der Waals surface area contributed by atoms with Crippen LogP contribution in [-0.4, -0.2) is 13.1 Å². The van der Waals surface area contributed by atoms with Crippen LogP contribution >= 0.6 is 24.0 Å². The molecule has 2 aromatic carbocycles. The zero-order valence-corrected chi connectivity index (χ0v) is 16.8. The molecule has 0 amide bonds. The van der Waals surface area contributed by atoms with Crippen molar-refractivity contribution < 1.29 is 4.74 Å². The Labute approximate surface area is 161 Å². The zero-order valence-electron chi connectivity index (χ0n) is 14.5. The Morgan fingerprint density at radius 3 is 2.54 bits per heavy atom. The van der Waals surface area contributed by atoms with Crippen LogP contribution in [0.5, 0.6) is 5.75 Å². The van der Waals surface area contributed by atoms with E-state index in [0.717, 1.165) is 23.4 Å². The predicted octanol–water partition coefficient (Wildman–Crippen LogP) is 4.75. The Hall–Kier alpha value is -1.76. The molecule has 0 aromatic heterocycles. The molecule has 1 atom stereocenters.